The summed E-state index contributed by atoms with van der Waals surface area (Å²) in [6, 6.07) is 10.6. The number of hydrogen-bond acceptors (Lipinski definition) is 5. The summed E-state index contributed by atoms with van der Waals surface area (Å²) in [4.78, 5) is 11.1. The topological polar surface area (TPSA) is 97.6 Å². The van der Waals surface area contributed by atoms with E-state index in [-0.39, 0.29) is 17.6 Å². The maximum atomic E-state index is 11.1. The first-order valence-corrected chi connectivity index (χ1v) is 9.59. The lowest BCUT2D eigenvalue weighted by molar-refractivity contribution is -0.118. The number of benzene rings is 1. The molecule has 0 spiro atoms. The number of aryl methyl sites for hydroxylation is 2. The molecule has 0 aliphatic carbocycles. The fourth-order valence-electron chi connectivity index (χ4n) is 2.55. The summed E-state index contributed by atoms with van der Waals surface area (Å²) < 4.78 is 2.01. The van der Waals surface area contributed by atoms with E-state index in [2.05, 4.69) is 54.4 Å². The summed E-state index contributed by atoms with van der Waals surface area (Å²) in [7, 11) is 0. The van der Waals surface area contributed by atoms with E-state index in [0.29, 0.717) is 18.8 Å². The second kappa shape index (κ2) is 9.39. The van der Waals surface area contributed by atoms with E-state index < -0.39 is 0 Å². The van der Waals surface area contributed by atoms with Gasteiger partial charge in [0.2, 0.25) is 5.91 Å². The predicted octanol–water partition coefficient (Wildman–Crippen LogP) is 2.89. The molecule has 0 aliphatic rings. The quantitative estimate of drug-likeness (QED) is 0.684. The molecule has 0 fully saturated rings. The fourth-order valence-corrected chi connectivity index (χ4v) is 3.53. The van der Waals surface area contributed by atoms with E-state index in [1.165, 1.54) is 17.3 Å². The van der Waals surface area contributed by atoms with Gasteiger partial charge in [0.1, 0.15) is 11.1 Å². The molecule has 1 aromatic carbocycles. The first-order chi connectivity index (χ1) is 12.4. The minimum Gasteiger partial charge on any atom is -0.370 e. The van der Waals surface area contributed by atoms with Gasteiger partial charge in [-0.2, -0.15) is 5.26 Å². The van der Waals surface area contributed by atoms with E-state index in [9.17, 15) is 10.1 Å². The molecule has 1 amide bonds. The van der Waals surface area contributed by atoms with Gasteiger partial charge in [0.25, 0.3) is 0 Å². The van der Waals surface area contributed by atoms with E-state index in [4.69, 9.17) is 5.73 Å². The van der Waals surface area contributed by atoms with Crippen molar-refractivity contribution in [2.45, 2.75) is 57.0 Å². The van der Waals surface area contributed by atoms with E-state index in [1.807, 2.05) is 11.5 Å². The van der Waals surface area contributed by atoms with Crippen molar-refractivity contribution in [2.24, 2.45) is 11.7 Å². The van der Waals surface area contributed by atoms with Crippen molar-refractivity contribution < 1.29 is 4.79 Å². The van der Waals surface area contributed by atoms with Gasteiger partial charge >= 0.3 is 0 Å². The molecule has 2 rings (SSSR count). The van der Waals surface area contributed by atoms with Gasteiger partial charge in [-0.15, -0.1) is 10.2 Å². The lowest BCUT2D eigenvalue weighted by Gasteiger charge is -2.14. The van der Waals surface area contributed by atoms with Gasteiger partial charge < -0.3 is 10.3 Å². The Balaban J connectivity index is 2.15. The monoisotopic (exact) mass is 371 g/mol. The Morgan fingerprint density at radius 1 is 1.31 bits per heavy atom. The summed E-state index contributed by atoms with van der Waals surface area (Å²) in [5.74, 6) is 0.787. The van der Waals surface area contributed by atoms with E-state index in [0.717, 1.165) is 23.1 Å². The highest BCUT2D eigenvalue weighted by atomic mass is 32.2. The van der Waals surface area contributed by atoms with E-state index in [1.54, 1.807) is 0 Å². The summed E-state index contributed by atoms with van der Waals surface area (Å²) in [5.41, 5.74) is 7.58. The third-order valence-corrected chi connectivity index (χ3v) is 4.94. The van der Waals surface area contributed by atoms with Gasteiger partial charge in [-0.05, 0) is 24.8 Å². The lowest BCUT2D eigenvalue weighted by atomic mass is 10.1. The summed E-state index contributed by atoms with van der Waals surface area (Å²) >= 11 is 1.42. The number of hydrogen-bond donors (Lipinski definition) is 1. The summed E-state index contributed by atoms with van der Waals surface area (Å²) in [6.45, 7) is 7.01. The molecule has 138 valence electrons. The Labute approximate surface area is 158 Å². The SMILES string of the molecule is Cc1ccc(CC(C#N)Sc2nnc(CCC(N)=O)n2CC(C)C)cc1. The number of nitrogens with zero attached hydrogens (tertiary/aromatic N) is 4. The molecule has 0 saturated carbocycles. The van der Waals surface area contributed by atoms with Gasteiger partial charge in [0, 0.05) is 19.4 Å². The number of thioether (sulfide) groups is 1. The van der Waals surface area contributed by atoms with Gasteiger partial charge in [-0.1, -0.05) is 55.4 Å². The number of carbonyl (C=O) groups is 1. The van der Waals surface area contributed by atoms with Crippen LogP contribution in [0.15, 0.2) is 29.4 Å². The molecule has 26 heavy (non-hydrogen) atoms. The largest absolute Gasteiger partial charge is 0.370 e. The summed E-state index contributed by atoms with van der Waals surface area (Å²) in [6.07, 6.45) is 1.35. The molecule has 1 unspecified atom stereocenters. The van der Waals surface area contributed by atoms with E-state index >= 15 is 0 Å². The molecule has 1 atom stereocenters. The minimum absolute atomic E-state index is 0.242. The molecule has 2 aromatic rings. The molecule has 0 aliphatic heterocycles. The van der Waals surface area contributed by atoms with Gasteiger partial charge in [-0.25, -0.2) is 0 Å². The average molecular weight is 372 g/mol. The van der Waals surface area contributed by atoms with Crippen LogP contribution in [-0.2, 0) is 24.2 Å². The molecule has 0 radical (unpaired) electrons. The Hall–Kier alpha value is -2.33. The standard InChI is InChI=1S/C19H25N5OS/c1-13(2)12-24-18(9-8-17(21)25)22-23-19(24)26-16(11-20)10-15-6-4-14(3)5-7-15/h4-7,13,16H,8-10,12H2,1-3H3,(H2,21,25). The third-order valence-electron chi connectivity index (χ3n) is 3.87. The normalized spacial score (nSPS) is 12.1. The van der Waals surface area contributed by atoms with Crippen molar-refractivity contribution in [3.05, 3.63) is 41.2 Å². The molecule has 0 bridgehead atoms. The minimum atomic E-state index is -0.354. The highest BCUT2D eigenvalue weighted by Crippen LogP contribution is 2.26. The second-order valence-electron chi connectivity index (χ2n) is 6.79. The maximum absolute atomic E-state index is 11.1. The number of amides is 1. The zero-order valence-corrected chi connectivity index (χ0v) is 16.3. The van der Waals surface area contributed by atoms with Crippen molar-refractivity contribution in [2.75, 3.05) is 0 Å². The molecule has 0 saturated heterocycles. The molecule has 6 nitrogen and oxygen atoms in total. The first kappa shape index (κ1) is 20.0. The number of primary amides is 1. The lowest BCUT2D eigenvalue weighted by Crippen LogP contribution is -2.15. The average Bonchev–Trinajstić information content (AvgIpc) is 2.95. The molecule has 2 N–H and O–H groups in total. The Bertz CT molecular complexity index is 776. The highest BCUT2D eigenvalue weighted by Gasteiger charge is 2.19. The second-order valence-corrected chi connectivity index (χ2v) is 7.96. The molecule has 1 heterocycles. The van der Waals surface area contributed by atoms with Gasteiger partial charge in [-0.3, -0.25) is 4.79 Å². The van der Waals surface area contributed by atoms with Crippen LogP contribution in [0.3, 0.4) is 0 Å². The van der Waals surface area contributed by atoms with Crippen LogP contribution in [0.4, 0.5) is 0 Å². The molecular weight excluding hydrogens is 346 g/mol. The van der Waals surface area contributed by atoms with Crippen LogP contribution in [-0.4, -0.2) is 25.9 Å². The van der Waals surface area contributed by atoms with Crippen molar-refractivity contribution in [3.8, 4) is 6.07 Å². The number of aromatic nitrogens is 3. The van der Waals surface area contributed by atoms with Gasteiger partial charge in [0.15, 0.2) is 5.16 Å². The van der Waals surface area contributed by atoms with Crippen LogP contribution < -0.4 is 5.73 Å². The Kier molecular flexibility index (Phi) is 7.22. The van der Waals surface area contributed by atoms with Crippen LogP contribution in [0.1, 0.15) is 37.2 Å². The molecular formula is C19H25N5OS. The van der Waals surface area contributed by atoms with Crippen LogP contribution in [0, 0.1) is 24.2 Å². The van der Waals surface area contributed by atoms with Crippen molar-refractivity contribution in [3.63, 3.8) is 0 Å². The van der Waals surface area contributed by atoms with Crippen molar-refractivity contribution in [1.29, 1.82) is 5.26 Å². The van der Waals surface area contributed by atoms with Crippen LogP contribution >= 0.6 is 11.8 Å². The smallest absolute Gasteiger partial charge is 0.217 e. The maximum Gasteiger partial charge on any atom is 0.217 e. The predicted molar refractivity (Wildman–Crippen MR) is 103 cm³/mol. The zero-order valence-electron chi connectivity index (χ0n) is 15.5. The Morgan fingerprint density at radius 3 is 2.58 bits per heavy atom. The van der Waals surface area contributed by atoms with Crippen molar-refractivity contribution >= 4 is 17.7 Å². The number of nitrogens with two attached hydrogens (primary N) is 1. The van der Waals surface area contributed by atoms with Crippen LogP contribution in [0.5, 0.6) is 0 Å². The number of nitriles is 1. The zero-order chi connectivity index (χ0) is 19.1. The van der Waals surface area contributed by atoms with Crippen molar-refractivity contribution in [1.82, 2.24) is 14.8 Å². The summed E-state index contributed by atoms with van der Waals surface area (Å²) in [5, 5.41) is 18.5. The molecule has 7 heteroatoms. The number of rotatable bonds is 9. The van der Waals surface area contributed by atoms with Crippen LogP contribution in [0.2, 0.25) is 0 Å². The van der Waals surface area contributed by atoms with Crippen LogP contribution in [0.25, 0.3) is 0 Å². The van der Waals surface area contributed by atoms with Gasteiger partial charge in [0.05, 0.1) is 6.07 Å². The number of carbonyl (C=O) groups excluding carboxylic acids is 1. The third kappa shape index (κ3) is 5.88. The highest BCUT2D eigenvalue weighted by molar-refractivity contribution is 8.00. The first-order valence-electron chi connectivity index (χ1n) is 8.71. The molecule has 1 aromatic heterocycles. The fraction of sp³-hybridized carbons (Fsp3) is 0.474. The Morgan fingerprint density at radius 2 is 2.00 bits per heavy atom.